The van der Waals surface area contributed by atoms with E-state index in [0.29, 0.717) is 12.1 Å². The van der Waals surface area contributed by atoms with Crippen molar-refractivity contribution in [3.63, 3.8) is 0 Å². The third kappa shape index (κ3) is 2.50. The summed E-state index contributed by atoms with van der Waals surface area (Å²) in [4.78, 5) is 0. The van der Waals surface area contributed by atoms with Gasteiger partial charge in [-0.15, -0.1) is 0 Å². The molecule has 0 bridgehead atoms. The van der Waals surface area contributed by atoms with E-state index in [0.717, 1.165) is 5.92 Å². The summed E-state index contributed by atoms with van der Waals surface area (Å²) in [7, 11) is 2.00. The Morgan fingerprint density at radius 1 is 1.25 bits per heavy atom. The van der Waals surface area contributed by atoms with Gasteiger partial charge < -0.3 is 5.32 Å². The van der Waals surface area contributed by atoms with Crippen LogP contribution in [-0.4, -0.2) is 15.8 Å². The summed E-state index contributed by atoms with van der Waals surface area (Å²) < 4.78 is 1.95. The summed E-state index contributed by atoms with van der Waals surface area (Å²) in [6.07, 6.45) is 4.47. The van der Waals surface area contributed by atoms with Gasteiger partial charge in [0.2, 0.25) is 0 Å². The summed E-state index contributed by atoms with van der Waals surface area (Å²) in [6.45, 7) is 4.37. The van der Waals surface area contributed by atoms with E-state index in [1.807, 2.05) is 17.9 Å². The Kier molecular flexibility index (Phi) is 3.62. The van der Waals surface area contributed by atoms with Crippen LogP contribution in [0.3, 0.4) is 0 Å². The van der Waals surface area contributed by atoms with E-state index >= 15 is 0 Å². The zero-order valence-electron chi connectivity index (χ0n) is 12.5. The van der Waals surface area contributed by atoms with Gasteiger partial charge in [-0.2, -0.15) is 5.10 Å². The molecule has 106 valence electrons. The van der Waals surface area contributed by atoms with E-state index in [4.69, 9.17) is 0 Å². The highest BCUT2D eigenvalue weighted by molar-refractivity contribution is 5.24. The zero-order chi connectivity index (χ0) is 14.1. The van der Waals surface area contributed by atoms with E-state index in [-0.39, 0.29) is 0 Å². The van der Waals surface area contributed by atoms with Gasteiger partial charge in [0, 0.05) is 30.4 Å². The van der Waals surface area contributed by atoms with E-state index in [9.17, 15) is 0 Å². The summed E-state index contributed by atoms with van der Waals surface area (Å²) >= 11 is 0. The minimum atomic E-state index is 0.380. The molecule has 0 spiro atoms. The van der Waals surface area contributed by atoms with Crippen LogP contribution < -0.4 is 5.32 Å². The number of nitrogens with one attached hydrogen (secondary N) is 1. The summed E-state index contributed by atoms with van der Waals surface area (Å²) in [5.41, 5.74) is 4.05. The molecule has 1 aromatic heterocycles. The van der Waals surface area contributed by atoms with Gasteiger partial charge in [-0.1, -0.05) is 30.3 Å². The Morgan fingerprint density at radius 3 is 2.55 bits per heavy atom. The van der Waals surface area contributed by atoms with Crippen molar-refractivity contribution in [3.05, 3.63) is 53.3 Å². The third-order valence-electron chi connectivity index (χ3n) is 4.63. The highest BCUT2D eigenvalue weighted by Crippen LogP contribution is 2.37. The van der Waals surface area contributed by atoms with Crippen molar-refractivity contribution in [2.45, 2.75) is 44.7 Å². The van der Waals surface area contributed by atoms with Crippen LogP contribution in [0, 0.1) is 6.92 Å². The first-order chi connectivity index (χ1) is 9.65. The van der Waals surface area contributed by atoms with Crippen LogP contribution >= 0.6 is 0 Å². The molecule has 1 saturated carbocycles. The molecular weight excluding hydrogens is 246 g/mol. The molecule has 1 aromatic carbocycles. The lowest BCUT2D eigenvalue weighted by Gasteiger charge is -2.38. The largest absolute Gasteiger partial charge is 0.307 e. The van der Waals surface area contributed by atoms with Gasteiger partial charge in [-0.3, -0.25) is 4.68 Å². The van der Waals surface area contributed by atoms with Crippen molar-refractivity contribution < 1.29 is 0 Å². The quantitative estimate of drug-likeness (QED) is 0.922. The third-order valence-corrected chi connectivity index (χ3v) is 4.63. The van der Waals surface area contributed by atoms with Gasteiger partial charge >= 0.3 is 0 Å². The monoisotopic (exact) mass is 269 g/mol. The average molecular weight is 269 g/mol. The molecular formula is C17H23N3. The molecule has 1 aliphatic rings. The normalized spacial score (nSPS) is 23.4. The molecule has 1 aliphatic carbocycles. The van der Waals surface area contributed by atoms with Crippen molar-refractivity contribution in [1.29, 1.82) is 0 Å². The summed E-state index contributed by atoms with van der Waals surface area (Å²) in [5, 5.41) is 8.06. The molecule has 0 radical (unpaired) electrons. The topological polar surface area (TPSA) is 29.9 Å². The van der Waals surface area contributed by atoms with Crippen molar-refractivity contribution in [2.24, 2.45) is 7.05 Å². The maximum Gasteiger partial charge on any atom is 0.0540 e. The maximum absolute atomic E-state index is 4.33. The Morgan fingerprint density at radius 2 is 1.95 bits per heavy atom. The Bertz CT molecular complexity index is 567. The second-order valence-electron chi connectivity index (χ2n) is 5.97. The number of nitrogens with zero attached hydrogens (tertiary/aromatic N) is 2. The van der Waals surface area contributed by atoms with Gasteiger partial charge in [-0.25, -0.2) is 0 Å². The second kappa shape index (κ2) is 5.41. The second-order valence-corrected chi connectivity index (χ2v) is 5.97. The smallest absolute Gasteiger partial charge is 0.0540 e. The lowest BCUT2D eigenvalue weighted by Crippen LogP contribution is -2.41. The standard InChI is InChI=1S/C17H23N3/c1-12(17-11-18-20(3)13(17)2)19-16-9-15(10-16)14-7-5-4-6-8-14/h4-8,11-12,15-16,19H,9-10H2,1-3H3. The Labute approximate surface area is 121 Å². The molecule has 3 nitrogen and oxygen atoms in total. The van der Waals surface area contributed by atoms with Crippen LogP contribution in [0.4, 0.5) is 0 Å². The predicted molar refractivity (Wildman–Crippen MR) is 81.7 cm³/mol. The molecule has 1 atom stereocenters. The van der Waals surface area contributed by atoms with E-state index in [2.05, 4.69) is 54.6 Å². The van der Waals surface area contributed by atoms with Crippen molar-refractivity contribution in [3.8, 4) is 0 Å². The van der Waals surface area contributed by atoms with Crippen molar-refractivity contribution in [1.82, 2.24) is 15.1 Å². The number of aryl methyl sites for hydroxylation is 1. The molecule has 1 fully saturated rings. The van der Waals surface area contributed by atoms with Crippen LogP contribution in [0.5, 0.6) is 0 Å². The molecule has 3 heteroatoms. The van der Waals surface area contributed by atoms with Gasteiger partial charge in [-0.05, 0) is 38.2 Å². The maximum atomic E-state index is 4.33. The van der Waals surface area contributed by atoms with E-state index in [1.165, 1.54) is 29.7 Å². The molecule has 1 unspecified atom stereocenters. The fraction of sp³-hybridized carbons (Fsp3) is 0.471. The van der Waals surface area contributed by atoms with Crippen LogP contribution in [0.25, 0.3) is 0 Å². The number of hydrogen-bond donors (Lipinski definition) is 1. The molecule has 0 amide bonds. The van der Waals surface area contributed by atoms with Gasteiger partial charge in [0.25, 0.3) is 0 Å². The average Bonchev–Trinajstić information content (AvgIpc) is 2.75. The molecule has 1 N–H and O–H groups in total. The molecule has 1 heterocycles. The lowest BCUT2D eigenvalue weighted by molar-refractivity contribution is 0.270. The first kappa shape index (κ1) is 13.4. The number of benzene rings is 1. The molecule has 0 aliphatic heterocycles. The van der Waals surface area contributed by atoms with Crippen LogP contribution in [0.2, 0.25) is 0 Å². The van der Waals surface area contributed by atoms with Crippen LogP contribution in [-0.2, 0) is 7.05 Å². The van der Waals surface area contributed by atoms with Crippen LogP contribution in [0.15, 0.2) is 36.5 Å². The number of aromatic nitrogens is 2. The minimum absolute atomic E-state index is 0.380. The van der Waals surface area contributed by atoms with Crippen LogP contribution in [0.1, 0.15) is 48.5 Å². The fourth-order valence-electron chi connectivity index (χ4n) is 3.14. The highest BCUT2D eigenvalue weighted by atomic mass is 15.3. The zero-order valence-corrected chi connectivity index (χ0v) is 12.5. The molecule has 2 aromatic rings. The Balaban J connectivity index is 1.55. The summed E-state index contributed by atoms with van der Waals surface area (Å²) in [5.74, 6) is 0.732. The Hall–Kier alpha value is -1.61. The molecule has 20 heavy (non-hydrogen) atoms. The SMILES string of the molecule is Cc1c(C(C)NC2CC(c3ccccc3)C2)cnn1C. The van der Waals surface area contributed by atoms with Gasteiger partial charge in [0.05, 0.1) is 6.20 Å². The van der Waals surface area contributed by atoms with Gasteiger partial charge in [0.1, 0.15) is 0 Å². The van der Waals surface area contributed by atoms with Crippen molar-refractivity contribution >= 4 is 0 Å². The number of rotatable bonds is 4. The predicted octanol–water partition coefficient (Wildman–Crippen LogP) is 3.33. The lowest BCUT2D eigenvalue weighted by atomic mass is 9.75. The van der Waals surface area contributed by atoms with E-state index < -0.39 is 0 Å². The number of hydrogen-bond acceptors (Lipinski definition) is 2. The molecule has 0 saturated heterocycles. The summed E-state index contributed by atoms with van der Waals surface area (Å²) in [6, 6.07) is 11.9. The van der Waals surface area contributed by atoms with Gasteiger partial charge in [0.15, 0.2) is 0 Å². The first-order valence-corrected chi connectivity index (χ1v) is 7.44. The van der Waals surface area contributed by atoms with Crippen molar-refractivity contribution in [2.75, 3.05) is 0 Å². The first-order valence-electron chi connectivity index (χ1n) is 7.44. The fourth-order valence-corrected chi connectivity index (χ4v) is 3.14. The minimum Gasteiger partial charge on any atom is -0.307 e. The molecule has 3 rings (SSSR count). The van der Waals surface area contributed by atoms with E-state index in [1.54, 1.807) is 0 Å². The highest BCUT2D eigenvalue weighted by Gasteiger charge is 2.31.